The summed E-state index contributed by atoms with van der Waals surface area (Å²) < 4.78 is 2.31. The predicted molar refractivity (Wildman–Crippen MR) is 192 cm³/mol. The lowest BCUT2D eigenvalue weighted by Crippen LogP contribution is -2.51. The second-order valence-electron chi connectivity index (χ2n) is 11.2. The van der Waals surface area contributed by atoms with Gasteiger partial charge in [-0.05, 0) is 24.5 Å². The molecule has 0 radical (unpaired) electrons. The zero-order valence-electron chi connectivity index (χ0n) is 25.8. The molecule has 0 spiro atoms. The first-order valence-electron chi connectivity index (χ1n) is 15.6. The number of allylic oxidation sites excluding steroid dienone is 2. The van der Waals surface area contributed by atoms with E-state index in [-0.39, 0.29) is 5.16 Å². The van der Waals surface area contributed by atoms with Crippen LogP contribution in [0.15, 0.2) is 182 Å². The third kappa shape index (κ3) is 7.45. The van der Waals surface area contributed by atoms with Crippen molar-refractivity contribution in [1.29, 1.82) is 0 Å². The Morgan fingerprint density at radius 2 is 1.07 bits per heavy atom. The highest BCUT2D eigenvalue weighted by Gasteiger charge is 2.36. The fourth-order valence-electron chi connectivity index (χ4n) is 6.05. The SMILES string of the molecule is CCCC=C(C)[SiH2]C(c1ccccc1)(c1ccccc1)n1ccnc1.c1ccc(B(c2ccccc2)c2ccccc2)cc1. The highest BCUT2D eigenvalue weighted by molar-refractivity contribution is 6.95. The van der Waals surface area contributed by atoms with E-state index < -0.39 is 9.52 Å². The van der Waals surface area contributed by atoms with Crippen LogP contribution < -0.4 is 16.4 Å². The summed E-state index contributed by atoms with van der Waals surface area (Å²) in [6, 6.07) is 53.8. The molecule has 0 aliphatic carbocycles. The van der Waals surface area contributed by atoms with Gasteiger partial charge in [-0.15, -0.1) is 0 Å². The first-order chi connectivity index (χ1) is 21.7. The molecule has 1 aromatic heterocycles. The van der Waals surface area contributed by atoms with Crippen LogP contribution >= 0.6 is 0 Å². The highest BCUT2D eigenvalue weighted by atomic mass is 28.2. The number of benzene rings is 5. The maximum atomic E-state index is 4.37. The van der Waals surface area contributed by atoms with Crippen molar-refractivity contribution in [3.8, 4) is 0 Å². The lowest BCUT2D eigenvalue weighted by Gasteiger charge is -2.37. The van der Waals surface area contributed by atoms with Gasteiger partial charge in [-0.3, -0.25) is 0 Å². The molecule has 6 rings (SSSR count). The molecule has 2 nitrogen and oxygen atoms in total. The van der Waals surface area contributed by atoms with E-state index in [9.17, 15) is 0 Å². The van der Waals surface area contributed by atoms with Crippen LogP contribution in [0.2, 0.25) is 0 Å². The summed E-state index contributed by atoms with van der Waals surface area (Å²) in [6.07, 6.45) is 10.8. The molecule has 6 aromatic rings. The molecule has 44 heavy (non-hydrogen) atoms. The van der Waals surface area contributed by atoms with Gasteiger partial charge < -0.3 is 4.57 Å². The van der Waals surface area contributed by atoms with Crippen molar-refractivity contribution in [2.75, 3.05) is 0 Å². The zero-order chi connectivity index (χ0) is 30.5. The summed E-state index contributed by atoms with van der Waals surface area (Å²) in [4.78, 5) is 4.37. The molecule has 0 aliphatic rings. The molecule has 0 saturated heterocycles. The summed E-state index contributed by atoms with van der Waals surface area (Å²) in [7, 11) is -0.659. The van der Waals surface area contributed by atoms with Crippen molar-refractivity contribution >= 4 is 32.6 Å². The van der Waals surface area contributed by atoms with E-state index in [1.54, 1.807) is 5.20 Å². The second kappa shape index (κ2) is 15.7. The van der Waals surface area contributed by atoms with E-state index in [0.717, 1.165) is 6.42 Å². The van der Waals surface area contributed by atoms with Crippen LogP contribution in [-0.4, -0.2) is 25.8 Å². The molecule has 1 heterocycles. The number of hydrogen-bond acceptors (Lipinski definition) is 1. The van der Waals surface area contributed by atoms with Gasteiger partial charge in [0, 0.05) is 12.4 Å². The van der Waals surface area contributed by atoms with Crippen LogP contribution in [0.3, 0.4) is 0 Å². The van der Waals surface area contributed by atoms with Crippen LogP contribution in [-0.2, 0) is 5.16 Å². The number of aromatic nitrogens is 2. The van der Waals surface area contributed by atoms with Gasteiger partial charge >= 0.3 is 0 Å². The first kappa shape index (κ1) is 30.8. The Hall–Kier alpha value is -4.67. The predicted octanol–water partition coefficient (Wildman–Crippen LogP) is 6.71. The number of unbranched alkanes of at least 4 members (excludes halogenated alkanes) is 1. The molecule has 0 amide bonds. The molecule has 218 valence electrons. The van der Waals surface area contributed by atoms with Gasteiger partial charge in [0.15, 0.2) is 0 Å². The summed E-state index contributed by atoms with van der Waals surface area (Å²) >= 11 is 0. The van der Waals surface area contributed by atoms with Gasteiger partial charge in [-0.1, -0.05) is 193 Å². The van der Waals surface area contributed by atoms with Gasteiger partial charge in [0.05, 0.1) is 21.0 Å². The lowest BCUT2D eigenvalue weighted by molar-refractivity contribution is 0.594. The minimum Gasteiger partial charge on any atom is -0.326 e. The summed E-state index contributed by atoms with van der Waals surface area (Å²) in [5, 5.41) is 1.40. The number of rotatable bonds is 10. The average Bonchev–Trinajstić information content (AvgIpc) is 3.65. The van der Waals surface area contributed by atoms with E-state index in [1.165, 1.54) is 33.9 Å². The quantitative estimate of drug-likeness (QED) is 0.163. The Kier molecular flexibility index (Phi) is 11.0. The van der Waals surface area contributed by atoms with Crippen LogP contribution in [0, 0.1) is 0 Å². The Bertz CT molecular complexity index is 1540. The normalized spacial score (nSPS) is 11.6. The lowest BCUT2D eigenvalue weighted by atomic mass is 9.37. The molecular weight excluding hydrogens is 547 g/mol. The van der Waals surface area contributed by atoms with Crippen molar-refractivity contribution in [2.45, 2.75) is 31.9 Å². The van der Waals surface area contributed by atoms with Gasteiger partial charge in [-0.25, -0.2) is 4.98 Å². The molecular formula is C40H41BN2Si. The monoisotopic (exact) mass is 588 g/mol. The van der Waals surface area contributed by atoms with Crippen LogP contribution in [0.5, 0.6) is 0 Å². The number of hydrogen-bond donors (Lipinski definition) is 0. The first-order valence-corrected chi connectivity index (χ1v) is 17.0. The summed E-state index contributed by atoms with van der Waals surface area (Å²) in [5.41, 5.74) is 6.69. The maximum Gasteiger partial charge on any atom is 0.241 e. The molecule has 0 bridgehead atoms. The third-order valence-corrected chi connectivity index (χ3v) is 10.7. The highest BCUT2D eigenvalue weighted by Crippen LogP contribution is 2.34. The second-order valence-corrected chi connectivity index (χ2v) is 13.7. The van der Waals surface area contributed by atoms with E-state index in [2.05, 4.69) is 187 Å². The topological polar surface area (TPSA) is 17.8 Å². The summed E-state index contributed by atoms with van der Waals surface area (Å²) in [5.74, 6) is 0. The third-order valence-electron chi connectivity index (χ3n) is 8.16. The standard InChI is InChI=1S/C22H26N2Si.C18H15B/c1-3-4-11-19(2)25-22(24-17-16-23-18-24,20-12-7-5-8-13-20)21-14-9-6-10-15-21;1-4-10-16(11-5-1)19(17-12-6-2-7-13-17)18-14-8-3-9-15-18/h5-18H,3-4,25H2,1-2H3;1-15H. The minimum absolute atomic E-state index is 0.145. The fraction of sp³-hybridized carbons (Fsp3) is 0.125. The number of imidazole rings is 1. The van der Waals surface area contributed by atoms with Gasteiger partial charge in [0.25, 0.3) is 0 Å². The molecule has 4 heteroatoms. The van der Waals surface area contributed by atoms with E-state index in [1.807, 2.05) is 12.5 Å². The molecule has 0 saturated carbocycles. The van der Waals surface area contributed by atoms with Crippen LogP contribution in [0.1, 0.15) is 37.8 Å². The van der Waals surface area contributed by atoms with Gasteiger partial charge in [-0.2, -0.15) is 0 Å². The largest absolute Gasteiger partial charge is 0.326 e. The molecule has 0 aliphatic heterocycles. The van der Waals surface area contributed by atoms with Crippen molar-refractivity contribution in [1.82, 2.24) is 9.55 Å². The molecule has 5 aromatic carbocycles. The summed E-state index contributed by atoms with van der Waals surface area (Å²) in [6.45, 7) is 4.85. The zero-order valence-corrected chi connectivity index (χ0v) is 27.3. The van der Waals surface area contributed by atoms with Crippen molar-refractivity contribution in [3.05, 3.63) is 193 Å². The van der Waals surface area contributed by atoms with Crippen molar-refractivity contribution < 1.29 is 0 Å². The molecule has 0 N–H and O–H groups in total. The van der Waals surface area contributed by atoms with Crippen molar-refractivity contribution in [2.24, 2.45) is 0 Å². The Labute approximate surface area is 266 Å². The van der Waals surface area contributed by atoms with E-state index in [0.29, 0.717) is 6.71 Å². The molecule has 0 unspecified atom stereocenters. The molecule has 0 fully saturated rings. The molecule has 0 atom stereocenters. The minimum atomic E-state index is -0.659. The van der Waals surface area contributed by atoms with Crippen LogP contribution in [0.4, 0.5) is 0 Å². The maximum absolute atomic E-state index is 4.37. The van der Waals surface area contributed by atoms with Gasteiger partial charge in [0.1, 0.15) is 0 Å². The Morgan fingerprint density at radius 1 is 0.659 bits per heavy atom. The Balaban J connectivity index is 0.000000181. The smallest absolute Gasteiger partial charge is 0.241 e. The number of nitrogens with zero attached hydrogens (tertiary/aromatic N) is 2. The average molecular weight is 589 g/mol. The van der Waals surface area contributed by atoms with E-state index >= 15 is 0 Å². The Morgan fingerprint density at radius 3 is 1.43 bits per heavy atom. The van der Waals surface area contributed by atoms with E-state index in [4.69, 9.17) is 0 Å². The van der Waals surface area contributed by atoms with Crippen molar-refractivity contribution in [3.63, 3.8) is 0 Å². The van der Waals surface area contributed by atoms with Gasteiger partial charge in [0.2, 0.25) is 6.71 Å². The van der Waals surface area contributed by atoms with Crippen LogP contribution in [0.25, 0.3) is 0 Å². The fourth-order valence-corrected chi connectivity index (χ4v) is 8.46.